The topological polar surface area (TPSA) is 34.2 Å². The van der Waals surface area contributed by atoms with Crippen LogP contribution in [0.3, 0.4) is 0 Å². The molecule has 0 radical (unpaired) electrons. The molecule has 0 spiro atoms. The van der Waals surface area contributed by atoms with Crippen molar-refractivity contribution in [3.8, 4) is 5.75 Å². The summed E-state index contributed by atoms with van der Waals surface area (Å²) in [6.45, 7) is 5.65. The number of nitrogens with one attached hydrogen (secondary N) is 1. The van der Waals surface area contributed by atoms with Crippen molar-refractivity contribution in [1.82, 2.24) is 10.3 Å². The van der Waals surface area contributed by atoms with Gasteiger partial charge in [-0.05, 0) is 43.1 Å². The Morgan fingerprint density at radius 2 is 2.05 bits per heavy atom. The maximum absolute atomic E-state index is 6.36. The largest absolute Gasteiger partial charge is 0.492 e. The lowest BCUT2D eigenvalue weighted by atomic mass is 10.00. The Morgan fingerprint density at radius 1 is 1.24 bits per heavy atom. The first-order chi connectivity index (χ1) is 10.3. The van der Waals surface area contributed by atoms with Gasteiger partial charge in [0.1, 0.15) is 5.75 Å². The molecule has 2 aromatic rings. The fraction of sp³-hybridized carbons (Fsp3) is 0.353. The van der Waals surface area contributed by atoms with Gasteiger partial charge in [-0.3, -0.25) is 4.98 Å². The molecule has 0 saturated carbocycles. The minimum Gasteiger partial charge on any atom is -0.492 e. The van der Waals surface area contributed by atoms with E-state index in [0.29, 0.717) is 6.61 Å². The zero-order valence-electron chi connectivity index (χ0n) is 12.5. The van der Waals surface area contributed by atoms with Gasteiger partial charge in [0, 0.05) is 11.2 Å². The molecule has 1 unspecified atom stereocenters. The molecule has 3 nitrogen and oxygen atoms in total. The van der Waals surface area contributed by atoms with E-state index in [1.807, 2.05) is 43.5 Å². The Labute approximate surface area is 131 Å². The SMILES string of the molecule is CCCNC(c1cncc(OCC)c1)c1ccccc1Cl. The predicted molar refractivity (Wildman–Crippen MR) is 87.0 cm³/mol. The van der Waals surface area contributed by atoms with Crippen LogP contribution < -0.4 is 10.1 Å². The molecular weight excluding hydrogens is 284 g/mol. The van der Waals surface area contributed by atoms with Gasteiger partial charge in [-0.1, -0.05) is 36.7 Å². The zero-order valence-corrected chi connectivity index (χ0v) is 13.2. The highest BCUT2D eigenvalue weighted by molar-refractivity contribution is 6.31. The second kappa shape index (κ2) is 8.01. The Bertz CT molecular complexity index is 574. The van der Waals surface area contributed by atoms with Crippen LogP contribution in [0, 0.1) is 0 Å². The normalized spacial score (nSPS) is 12.1. The van der Waals surface area contributed by atoms with Crippen LogP contribution in [0.2, 0.25) is 5.02 Å². The summed E-state index contributed by atoms with van der Waals surface area (Å²) in [5, 5.41) is 4.29. The summed E-state index contributed by atoms with van der Waals surface area (Å²) in [5.74, 6) is 0.783. The van der Waals surface area contributed by atoms with Crippen LogP contribution in [0.4, 0.5) is 0 Å². The number of halogens is 1. The van der Waals surface area contributed by atoms with E-state index in [9.17, 15) is 0 Å². The van der Waals surface area contributed by atoms with Crippen molar-refractivity contribution >= 4 is 11.6 Å². The third kappa shape index (κ3) is 4.19. The van der Waals surface area contributed by atoms with Gasteiger partial charge in [-0.2, -0.15) is 0 Å². The quantitative estimate of drug-likeness (QED) is 0.831. The molecule has 112 valence electrons. The van der Waals surface area contributed by atoms with E-state index in [2.05, 4.69) is 17.2 Å². The van der Waals surface area contributed by atoms with Gasteiger partial charge in [0.15, 0.2) is 0 Å². The predicted octanol–water partition coefficient (Wildman–Crippen LogP) is 4.22. The highest BCUT2D eigenvalue weighted by atomic mass is 35.5. The van der Waals surface area contributed by atoms with Gasteiger partial charge in [-0.15, -0.1) is 0 Å². The van der Waals surface area contributed by atoms with Crippen LogP contribution in [0.1, 0.15) is 37.4 Å². The molecule has 0 aliphatic heterocycles. The van der Waals surface area contributed by atoms with Gasteiger partial charge in [0.2, 0.25) is 0 Å². The number of rotatable bonds is 7. The number of nitrogens with zero attached hydrogens (tertiary/aromatic N) is 1. The lowest BCUT2D eigenvalue weighted by Gasteiger charge is -2.21. The third-order valence-electron chi connectivity index (χ3n) is 3.19. The van der Waals surface area contributed by atoms with E-state index in [1.54, 1.807) is 6.20 Å². The average Bonchev–Trinajstić information content (AvgIpc) is 2.50. The van der Waals surface area contributed by atoms with Gasteiger partial charge in [-0.25, -0.2) is 0 Å². The molecule has 0 amide bonds. The molecular formula is C17H21ClN2O. The van der Waals surface area contributed by atoms with Crippen molar-refractivity contribution < 1.29 is 4.74 Å². The minimum atomic E-state index is 0.0200. The summed E-state index contributed by atoms with van der Waals surface area (Å²) in [6, 6.07) is 9.94. The van der Waals surface area contributed by atoms with E-state index in [-0.39, 0.29) is 6.04 Å². The number of aromatic nitrogens is 1. The minimum absolute atomic E-state index is 0.0200. The van der Waals surface area contributed by atoms with Crippen molar-refractivity contribution in [3.05, 3.63) is 58.9 Å². The summed E-state index contributed by atoms with van der Waals surface area (Å²) in [5.41, 5.74) is 2.12. The standard InChI is InChI=1S/C17H21ClN2O/c1-3-9-20-17(15-7-5-6-8-16(15)18)13-10-14(21-4-2)12-19-11-13/h5-8,10-12,17,20H,3-4,9H2,1-2H3. The molecule has 1 N–H and O–H groups in total. The Hall–Kier alpha value is -1.58. The van der Waals surface area contributed by atoms with Gasteiger partial charge < -0.3 is 10.1 Å². The number of hydrogen-bond acceptors (Lipinski definition) is 3. The first-order valence-corrected chi connectivity index (χ1v) is 7.69. The summed E-state index contributed by atoms with van der Waals surface area (Å²) in [6.07, 6.45) is 4.65. The molecule has 0 aliphatic carbocycles. The summed E-state index contributed by atoms with van der Waals surface area (Å²) < 4.78 is 5.54. The number of hydrogen-bond donors (Lipinski definition) is 1. The maximum Gasteiger partial charge on any atom is 0.137 e. The van der Waals surface area contributed by atoms with Crippen LogP contribution >= 0.6 is 11.6 Å². The molecule has 1 atom stereocenters. The smallest absolute Gasteiger partial charge is 0.137 e. The van der Waals surface area contributed by atoms with Crippen LogP contribution in [0.25, 0.3) is 0 Å². The Kier molecular flexibility index (Phi) is 6.03. The Morgan fingerprint density at radius 3 is 2.76 bits per heavy atom. The van der Waals surface area contributed by atoms with E-state index < -0.39 is 0 Å². The van der Waals surface area contributed by atoms with Gasteiger partial charge in [0.05, 0.1) is 18.8 Å². The van der Waals surface area contributed by atoms with Crippen molar-refractivity contribution in [2.24, 2.45) is 0 Å². The molecule has 0 saturated heterocycles. The second-order valence-corrected chi connectivity index (χ2v) is 5.20. The molecule has 1 aromatic carbocycles. The van der Waals surface area contributed by atoms with Gasteiger partial charge in [0.25, 0.3) is 0 Å². The van der Waals surface area contributed by atoms with E-state index in [4.69, 9.17) is 16.3 Å². The van der Waals surface area contributed by atoms with E-state index >= 15 is 0 Å². The molecule has 1 aromatic heterocycles. The summed E-state index contributed by atoms with van der Waals surface area (Å²) in [4.78, 5) is 4.28. The molecule has 1 heterocycles. The van der Waals surface area contributed by atoms with Crippen LogP contribution in [-0.2, 0) is 0 Å². The number of ether oxygens (including phenoxy) is 1. The third-order valence-corrected chi connectivity index (χ3v) is 3.54. The van der Waals surface area contributed by atoms with Crippen LogP contribution in [0.5, 0.6) is 5.75 Å². The zero-order chi connectivity index (χ0) is 15.1. The molecule has 0 bridgehead atoms. The van der Waals surface area contributed by atoms with E-state index in [0.717, 1.165) is 34.9 Å². The molecule has 4 heteroatoms. The molecule has 0 aliphatic rings. The van der Waals surface area contributed by atoms with Crippen LogP contribution in [-0.4, -0.2) is 18.1 Å². The van der Waals surface area contributed by atoms with Crippen molar-refractivity contribution in [3.63, 3.8) is 0 Å². The Balaban J connectivity index is 2.36. The highest BCUT2D eigenvalue weighted by Crippen LogP contribution is 2.29. The van der Waals surface area contributed by atoms with Crippen LogP contribution in [0.15, 0.2) is 42.7 Å². The number of pyridine rings is 1. The van der Waals surface area contributed by atoms with Gasteiger partial charge >= 0.3 is 0 Å². The summed E-state index contributed by atoms with van der Waals surface area (Å²) >= 11 is 6.36. The first kappa shape index (κ1) is 15.8. The summed E-state index contributed by atoms with van der Waals surface area (Å²) in [7, 11) is 0. The number of benzene rings is 1. The lowest BCUT2D eigenvalue weighted by molar-refractivity contribution is 0.338. The highest BCUT2D eigenvalue weighted by Gasteiger charge is 2.17. The average molecular weight is 305 g/mol. The van der Waals surface area contributed by atoms with Crippen molar-refractivity contribution in [2.45, 2.75) is 26.3 Å². The van der Waals surface area contributed by atoms with Crippen molar-refractivity contribution in [2.75, 3.05) is 13.2 Å². The monoisotopic (exact) mass is 304 g/mol. The van der Waals surface area contributed by atoms with Crippen molar-refractivity contribution in [1.29, 1.82) is 0 Å². The molecule has 21 heavy (non-hydrogen) atoms. The fourth-order valence-electron chi connectivity index (χ4n) is 2.24. The fourth-order valence-corrected chi connectivity index (χ4v) is 2.49. The second-order valence-electron chi connectivity index (χ2n) is 4.80. The molecule has 2 rings (SSSR count). The maximum atomic E-state index is 6.36. The lowest BCUT2D eigenvalue weighted by Crippen LogP contribution is -2.23. The van der Waals surface area contributed by atoms with E-state index in [1.165, 1.54) is 0 Å². The first-order valence-electron chi connectivity index (χ1n) is 7.31. The molecule has 0 fully saturated rings.